The summed E-state index contributed by atoms with van der Waals surface area (Å²) in [7, 11) is -4.95. The van der Waals surface area contributed by atoms with E-state index >= 15 is 0 Å². The zero-order valence-corrected chi connectivity index (χ0v) is 8.96. The fraction of sp³-hybridized carbons (Fsp3) is 0. The number of carbonyl (C=O) groups is 1. The monoisotopic (exact) mass is 251 g/mol. The Morgan fingerprint density at radius 2 is 1.75 bits per heavy atom. The third kappa shape index (κ3) is 30.5. The van der Waals surface area contributed by atoms with Gasteiger partial charge in [0.15, 0.2) is 0 Å². The fourth-order valence-electron chi connectivity index (χ4n) is 0.114. The van der Waals surface area contributed by atoms with Crippen LogP contribution >= 0.6 is 7.82 Å². The number of phosphoric acid groups is 1. The number of hydrogen-bond acceptors (Lipinski definition) is 4. The first-order valence-electron chi connectivity index (χ1n) is 1.44. The van der Waals surface area contributed by atoms with Gasteiger partial charge in [0.1, 0.15) is 0 Å². The normalized spacial score (nSPS) is 11.2. The third-order valence-corrected chi connectivity index (χ3v) is 0.616. The Bertz CT molecular complexity index is 148. The van der Waals surface area contributed by atoms with Crippen LogP contribution in [0, 0.1) is 0 Å². The smallest absolute Gasteiger partial charge is 1.00 e. The summed E-state index contributed by atoms with van der Waals surface area (Å²) in [6.07, 6.45) is -1.55. The first kappa shape index (κ1) is 29.2. The van der Waals surface area contributed by atoms with E-state index in [1.54, 1.807) is 0 Å². The molecule has 5 N–H and O–H groups in total. The van der Waals surface area contributed by atoms with Crippen LogP contribution in [0.4, 0.5) is 4.79 Å². The first-order chi connectivity index (χ1) is 3.42. The van der Waals surface area contributed by atoms with Gasteiger partial charge in [-0.1, -0.05) is 0 Å². The molecule has 0 aliphatic carbocycles. The molecular weight excluding hydrogens is 247 g/mol. The Kier molecular flexibility index (Phi) is 29.4. The maximum absolute atomic E-state index is 9.50. The summed E-state index contributed by atoms with van der Waals surface area (Å²) in [5, 5.41) is 0. The van der Waals surface area contributed by atoms with Crippen molar-refractivity contribution >= 4 is 13.9 Å². The summed E-state index contributed by atoms with van der Waals surface area (Å²) in [6, 6.07) is 0. The molecule has 1 amide bonds. The number of halogens is 1. The molecule has 0 aliphatic heterocycles. The molecule has 0 radical (unpaired) electrons. The minimum absolute atomic E-state index is 0. The maximum atomic E-state index is 9.50. The number of phosphoric ester groups is 1. The Labute approximate surface area is 103 Å². The molecule has 0 bridgehead atoms. The van der Waals surface area contributed by atoms with E-state index in [0.29, 0.717) is 0 Å². The Balaban J connectivity index is -0.0000000408. The zero-order chi connectivity index (χ0) is 6.78. The van der Waals surface area contributed by atoms with Crippen molar-refractivity contribution in [3.05, 3.63) is 0 Å². The van der Waals surface area contributed by atoms with Crippen molar-refractivity contribution in [2.45, 2.75) is 0 Å². The molecule has 0 aliphatic rings. The van der Waals surface area contributed by atoms with Gasteiger partial charge in [-0.2, -0.15) is 0 Å². The van der Waals surface area contributed by atoms with Gasteiger partial charge >= 0.3 is 51.6 Å². The Hall–Kier alpha value is 1.05. The summed E-state index contributed by atoms with van der Waals surface area (Å²) < 4.78 is 12.6. The minimum Gasteiger partial charge on any atom is -1.00 e. The van der Waals surface area contributed by atoms with E-state index in [0.717, 1.165) is 0 Å². The zero-order valence-electron chi connectivity index (χ0n) is 6.48. The van der Waals surface area contributed by atoms with Crippen molar-refractivity contribution in [3.8, 4) is 0 Å². The van der Waals surface area contributed by atoms with E-state index in [9.17, 15) is 14.3 Å². The Morgan fingerprint density at radius 1 is 1.50 bits per heavy atom. The summed E-state index contributed by atoms with van der Waals surface area (Å²) >= 11 is 0. The molecule has 0 saturated carbocycles. The van der Waals surface area contributed by atoms with Gasteiger partial charge in [-0.05, 0) is 0 Å². The van der Waals surface area contributed by atoms with Crippen LogP contribution in [0.3, 0.4) is 0 Å². The molecule has 0 heterocycles. The van der Waals surface area contributed by atoms with Crippen LogP contribution in [0.2, 0.25) is 0 Å². The van der Waals surface area contributed by atoms with Crippen LogP contribution in [0.5, 0.6) is 0 Å². The quantitative estimate of drug-likeness (QED) is 0.351. The SMILES string of the molecule is NC(=O)OP(=O)([O-])O.O.[Br-].[Li+].[Li+]. The van der Waals surface area contributed by atoms with Crippen LogP contribution in [-0.4, -0.2) is 16.5 Å². The van der Waals surface area contributed by atoms with Crippen molar-refractivity contribution in [2.24, 2.45) is 5.73 Å². The van der Waals surface area contributed by atoms with Gasteiger partial charge < -0.3 is 42.5 Å². The fourth-order valence-corrected chi connectivity index (χ4v) is 0.341. The van der Waals surface area contributed by atoms with Crippen molar-refractivity contribution < 1.29 is 83.8 Å². The second kappa shape index (κ2) is 12.1. The number of hydrogen-bond donors (Lipinski definition) is 2. The summed E-state index contributed by atoms with van der Waals surface area (Å²) in [5.41, 5.74) is 4.19. The molecule has 1 unspecified atom stereocenters. The molecule has 64 valence electrons. The van der Waals surface area contributed by atoms with E-state index in [-0.39, 0.29) is 60.2 Å². The van der Waals surface area contributed by atoms with Gasteiger partial charge in [0, 0.05) is 0 Å². The van der Waals surface area contributed by atoms with Crippen molar-refractivity contribution in [2.75, 3.05) is 0 Å². The van der Waals surface area contributed by atoms with E-state index in [1.165, 1.54) is 0 Å². The van der Waals surface area contributed by atoms with Crippen LogP contribution < -0.4 is 65.3 Å². The average Bonchev–Trinajstić information content (AvgIpc) is 1.21. The minimum atomic E-state index is -4.95. The molecule has 0 saturated heterocycles. The average molecular weight is 252 g/mol. The van der Waals surface area contributed by atoms with Crippen LogP contribution in [0.15, 0.2) is 0 Å². The number of carbonyl (C=O) groups excluding carboxylic acids is 1. The van der Waals surface area contributed by atoms with Crippen LogP contribution in [0.1, 0.15) is 0 Å². The van der Waals surface area contributed by atoms with Crippen molar-refractivity contribution in [3.63, 3.8) is 0 Å². The van der Waals surface area contributed by atoms with Crippen molar-refractivity contribution in [1.82, 2.24) is 0 Å². The predicted octanol–water partition coefficient (Wildman–Crippen LogP) is -11.3. The van der Waals surface area contributed by atoms with Gasteiger partial charge in [-0.3, -0.25) is 4.57 Å². The third-order valence-electron chi connectivity index (χ3n) is 0.205. The van der Waals surface area contributed by atoms with E-state index in [2.05, 4.69) is 10.3 Å². The molecule has 0 fully saturated rings. The topological polar surface area (TPSA) is 144 Å². The van der Waals surface area contributed by atoms with E-state index < -0.39 is 13.9 Å². The van der Waals surface area contributed by atoms with Crippen molar-refractivity contribution in [1.29, 1.82) is 0 Å². The Morgan fingerprint density at radius 3 is 1.75 bits per heavy atom. The van der Waals surface area contributed by atoms with Crippen LogP contribution in [-0.2, 0) is 9.09 Å². The first-order valence-corrected chi connectivity index (χ1v) is 2.94. The van der Waals surface area contributed by atoms with Gasteiger partial charge in [0.2, 0.25) is 0 Å². The summed E-state index contributed by atoms with van der Waals surface area (Å²) in [4.78, 5) is 26.6. The second-order valence-corrected chi connectivity index (χ2v) is 2.00. The molecule has 0 aromatic heterocycles. The standard InChI is InChI=1S/CH4NO5P.BrH.2Li.H2O/c2-1(3)7-8(4,5)6;;;;/h(H2,2,3)(H2,4,5,6);1H;;;1H2/q;;2*+1;/p-2. The van der Waals surface area contributed by atoms with Gasteiger partial charge in [-0.25, -0.2) is 4.79 Å². The number of rotatable bonds is 1. The molecule has 1 atom stereocenters. The molecule has 0 rings (SSSR count). The second-order valence-electron chi connectivity index (χ2n) is 0.879. The van der Waals surface area contributed by atoms with E-state index in [1.807, 2.05) is 0 Å². The molecule has 7 nitrogen and oxygen atoms in total. The number of amides is 1. The number of primary amides is 1. The molecular formula is CH5BrLi2NO6P. The predicted molar refractivity (Wildman–Crippen MR) is 24.1 cm³/mol. The van der Waals surface area contributed by atoms with Gasteiger partial charge in [0.25, 0.3) is 0 Å². The van der Waals surface area contributed by atoms with E-state index in [4.69, 9.17) is 4.89 Å². The van der Waals surface area contributed by atoms with Gasteiger partial charge in [0.05, 0.1) is 0 Å². The molecule has 0 aromatic carbocycles. The maximum Gasteiger partial charge on any atom is 1.00 e. The largest absolute Gasteiger partial charge is 1.00 e. The molecule has 0 aromatic rings. The van der Waals surface area contributed by atoms with Crippen LogP contribution in [0.25, 0.3) is 0 Å². The van der Waals surface area contributed by atoms with Gasteiger partial charge in [-0.15, -0.1) is 0 Å². The molecule has 11 heteroatoms. The molecule has 12 heavy (non-hydrogen) atoms. The molecule has 0 spiro atoms. The summed E-state index contributed by atoms with van der Waals surface area (Å²) in [6.45, 7) is 0. The summed E-state index contributed by atoms with van der Waals surface area (Å²) in [5.74, 6) is 0. The number of nitrogens with two attached hydrogens (primary N) is 1.